The number of rotatable bonds is 2. The second kappa shape index (κ2) is 5.07. The third-order valence-corrected chi connectivity index (χ3v) is 3.38. The van der Waals surface area contributed by atoms with Gasteiger partial charge in [-0.05, 0) is 32.4 Å². The predicted molar refractivity (Wildman–Crippen MR) is 65.3 cm³/mol. The van der Waals surface area contributed by atoms with Crippen LogP contribution in [0.25, 0.3) is 0 Å². The Morgan fingerprint density at radius 2 is 2.35 bits per heavy atom. The second-order valence-corrected chi connectivity index (χ2v) is 4.90. The Morgan fingerprint density at radius 1 is 1.59 bits per heavy atom. The monoisotopic (exact) mass is 256 g/mol. The number of amides is 1. The van der Waals surface area contributed by atoms with Gasteiger partial charge in [-0.1, -0.05) is 0 Å². The fourth-order valence-corrected chi connectivity index (χ4v) is 2.34. The fraction of sp³-hybridized carbons (Fsp3) is 0.700. The minimum atomic E-state index is -0.346. The number of carbonyl (C=O) groups excluding carboxylic acids is 1. The zero-order valence-corrected chi connectivity index (χ0v) is 11.0. The van der Waals surface area contributed by atoms with Crippen LogP contribution in [0.1, 0.15) is 11.9 Å². The summed E-state index contributed by atoms with van der Waals surface area (Å²) in [4.78, 5) is 18.1. The average molecular weight is 256 g/mol. The fourth-order valence-electron chi connectivity index (χ4n) is 1.86. The Balaban J connectivity index is 2.25. The number of nitrogens with one attached hydrogen (secondary N) is 1. The molecule has 1 saturated heterocycles. The summed E-state index contributed by atoms with van der Waals surface area (Å²) >= 11 is 1.30. The number of hydrogen-bond donors (Lipinski definition) is 1. The van der Waals surface area contributed by atoms with Crippen molar-refractivity contribution in [3.05, 3.63) is 5.01 Å². The van der Waals surface area contributed by atoms with E-state index in [2.05, 4.69) is 14.7 Å². The Kier molecular flexibility index (Phi) is 3.70. The molecule has 6 nitrogen and oxygen atoms in total. The molecule has 1 N–H and O–H groups in total. The molecule has 0 radical (unpaired) electrons. The zero-order valence-electron chi connectivity index (χ0n) is 10.1. The number of aromatic nitrogens is 2. The Morgan fingerprint density at radius 3 is 2.94 bits per heavy atom. The molecule has 2 rings (SSSR count). The molecule has 0 aliphatic carbocycles. The first kappa shape index (κ1) is 12.4. The number of carbonyl (C=O) groups is 1. The number of aryl methyl sites for hydroxylation is 1. The summed E-state index contributed by atoms with van der Waals surface area (Å²) in [6.07, 6.45) is -0.141. The highest BCUT2D eigenvalue weighted by atomic mass is 32.1. The lowest BCUT2D eigenvalue weighted by atomic mass is 10.1. The van der Waals surface area contributed by atoms with E-state index in [1.165, 1.54) is 11.5 Å². The Hall–Kier alpha value is -1.05. The lowest BCUT2D eigenvalue weighted by molar-refractivity contribution is -0.122. The molecule has 0 bridgehead atoms. The minimum Gasteiger partial charge on any atom is -0.374 e. The van der Waals surface area contributed by atoms with Crippen molar-refractivity contribution in [3.63, 3.8) is 0 Å². The van der Waals surface area contributed by atoms with Gasteiger partial charge in [0, 0.05) is 0 Å². The standard InChI is InChI=1S/C10H16N4O2S/c1-6-8(11-3)9(15)14(4-5-16-6)10-12-7(2)17-13-10/h6,8,11H,4-5H2,1-3H3. The van der Waals surface area contributed by atoms with E-state index in [1.807, 2.05) is 13.8 Å². The van der Waals surface area contributed by atoms with Crippen LogP contribution in [-0.4, -0.2) is 47.6 Å². The highest BCUT2D eigenvalue weighted by Crippen LogP contribution is 2.17. The van der Waals surface area contributed by atoms with Crippen molar-refractivity contribution in [2.24, 2.45) is 0 Å². The van der Waals surface area contributed by atoms with Gasteiger partial charge in [0.25, 0.3) is 0 Å². The van der Waals surface area contributed by atoms with Gasteiger partial charge < -0.3 is 10.1 Å². The molecular weight excluding hydrogens is 240 g/mol. The van der Waals surface area contributed by atoms with Crippen molar-refractivity contribution in [2.75, 3.05) is 25.1 Å². The van der Waals surface area contributed by atoms with Gasteiger partial charge in [0.2, 0.25) is 11.9 Å². The summed E-state index contributed by atoms with van der Waals surface area (Å²) in [6.45, 7) is 4.77. The highest BCUT2D eigenvalue weighted by molar-refractivity contribution is 7.05. The number of hydrogen-bond acceptors (Lipinski definition) is 6. The van der Waals surface area contributed by atoms with Crippen LogP contribution >= 0.6 is 11.5 Å². The molecule has 1 aliphatic rings. The van der Waals surface area contributed by atoms with Gasteiger partial charge >= 0.3 is 0 Å². The van der Waals surface area contributed by atoms with Crippen molar-refractivity contribution >= 4 is 23.4 Å². The van der Waals surface area contributed by atoms with E-state index in [9.17, 15) is 4.79 Å². The zero-order chi connectivity index (χ0) is 12.4. The molecular formula is C10H16N4O2S. The van der Waals surface area contributed by atoms with Crippen molar-refractivity contribution in [3.8, 4) is 0 Å². The molecule has 2 unspecified atom stereocenters. The summed E-state index contributed by atoms with van der Waals surface area (Å²) in [5.74, 6) is 0.450. The summed E-state index contributed by atoms with van der Waals surface area (Å²) in [6, 6.07) is -0.346. The molecule has 1 aliphatic heterocycles. The van der Waals surface area contributed by atoms with Crippen LogP contribution in [0.2, 0.25) is 0 Å². The first-order valence-electron chi connectivity index (χ1n) is 5.54. The maximum absolute atomic E-state index is 12.3. The van der Waals surface area contributed by atoms with Gasteiger partial charge in [0.1, 0.15) is 11.0 Å². The molecule has 1 fully saturated rings. The molecule has 2 heterocycles. The van der Waals surface area contributed by atoms with Gasteiger partial charge in [-0.2, -0.15) is 4.37 Å². The van der Waals surface area contributed by atoms with Crippen molar-refractivity contribution < 1.29 is 9.53 Å². The molecule has 7 heteroatoms. The van der Waals surface area contributed by atoms with Crippen molar-refractivity contribution in [1.29, 1.82) is 0 Å². The second-order valence-electron chi connectivity index (χ2n) is 3.95. The van der Waals surface area contributed by atoms with Crippen LogP contribution in [0.5, 0.6) is 0 Å². The molecule has 1 aromatic rings. The predicted octanol–water partition coefficient (Wildman–Crippen LogP) is 0.186. The van der Waals surface area contributed by atoms with Crippen LogP contribution in [0, 0.1) is 6.92 Å². The van der Waals surface area contributed by atoms with E-state index in [-0.39, 0.29) is 18.1 Å². The smallest absolute Gasteiger partial charge is 0.249 e. The van der Waals surface area contributed by atoms with E-state index >= 15 is 0 Å². The molecule has 1 aromatic heterocycles. The summed E-state index contributed by atoms with van der Waals surface area (Å²) < 4.78 is 9.74. The van der Waals surface area contributed by atoms with Crippen LogP contribution in [-0.2, 0) is 9.53 Å². The van der Waals surface area contributed by atoms with Crippen molar-refractivity contribution in [2.45, 2.75) is 26.0 Å². The largest absolute Gasteiger partial charge is 0.374 e. The third kappa shape index (κ3) is 2.46. The molecule has 0 spiro atoms. The van der Waals surface area contributed by atoms with Gasteiger partial charge in [-0.15, -0.1) is 0 Å². The van der Waals surface area contributed by atoms with Gasteiger partial charge in [-0.3, -0.25) is 9.69 Å². The SMILES string of the molecule is CNC1C(=O)N(c2nsc(C)n2)CCOC1C. The third-order valence-electron chi connectivity index (χ3n) is 2.77. The number of likely N-dealkylation sites (N-methyl/N-ethyl adjacent to an activating group) is 1. The highest BCUT2D eigenvalue weighted by Gasteiger charge is 2.33. The van der Waals surface area contributed by atoms with E-state index in [0.717, 1.165) is 5.01 Å². The van der Waals surface area contributed by atoms with Gasteiger partial charge in [0.05, 0.1) is 19.3 Å². The quantitative estimate of drug-likeness (QED) is 0.818. The summed E-state index contributed by atoms with van der Waals surface area (Å²) in [7, 11) is 1.76. The molecule has 0 aromatic carbocycles. The summed E-state index contributed by atoms with van der Waals surface area (Å²) in [5, 5.41) is 3.84. The molecule has 17 heavy (non-hydrogen) atoms. The number of ether oxygens (including phenoxy) is 1. The Labute approximate surface area is 104 Å². The summed E-state index contributed by atoms with van der Waals surface area (Å²) in [5.41, 5.74) is 0. The lowest BCUT2D eigenvalue weighted by Crippen LogP contribution is -2.49. The first-order valence-corrected chi connectivity index (χ1v) is 6.31. The number of nitrogens with zero attached hydrogens (tertiary/aromatic N) is 3. The normalized spacial score (nSPS) is 26.1. The molecule has 1 amide bonds. The minimum absolute atomic E-state index is 0.0321. The maximum Gasteiger partial charge on any atom is 0.249 e. The molecule has 0 saturated carbocycles. The maximum atomic E-state index is 12.3. The van der Waals surface area contributed by atoms with Crippen LogP contribution in [0.3, 0.4) is 0 Å². The molecule has 2 atom stereocenters. The topological polar surface area (TPSA) is 67.4 Å². The van der Waals surface area contributed by atoms with E-state index < -0.39 is 0 Å². The van der Waals surface area contributed by atoms with Crippen LogP contribution < -0.4 is 10.2 Å². The van der Waals surface area contributed by atoms with Gasteiger partial charge in [0.15, 0.2) is 0 Å². The lowest BCUT2D eigenvalue weighted by Gasteiger charge is -2.22. The Bertz CT molecular complexity index is 409. The van der Waals surface area contributed by atoms with Crippen LogP contribution in [0.15, 0.2) is 0 Å². The first-order chi connectivity index (χ1) is 8.13. The molecule has 94 valence electrons. The van der Waals surface area contributed by atoms with E-state index in [4.69, 9.17) is 4.74 Å². The van der Waals surface area contributed by atoms with E-state index in [1.54, 1.807) is 11.9 Å². The van der Waals surface area contributed by atoms with E-state index in [0.29, 0.717) is 19.1 Å². The number of anilines is 1. The van der Waals surface area contributed by atoms with Gasteiger partial charge in [-0.25, -0.2) is 4.98 Å². The van der Waals surface area contributed by atoms with Crippen LogP contribution in [0.4, 0.5) is 5.95 Å². The van der Waals surface area contributed by atoms with Crippen molar-refractivity contribution in [1.82, 2.24) is 14.7 Å². The average Bonchev–Trinajstić information content (AvgIpc) is 2.65.